The summed E-state index contributed by atoms with van der Waals surface area (Å²) >= 11 is 0. The molecule has 0 aliphatic carbocycles. The van der Waals surface area contributed by atoms with Gasteiger partial charge in [0.2, 0.25) is 0 Å². The molecule has 1 fully saturated rings. The lowest BCUT2D eigenvalue weighted by Crippen LogP contribution is -2.42. The first-order valence-corrected chi connectivity index (χ1v) is 7.36. The molecule has 0 bridgehead atoms. The Balaban J connectivity index is 1.93. The van der Waals surface area contributed by atoms with Crippen molar-refractivity contribution in [2.75, 3.05) is 18.4 Å². The Kier molecular flexibility index (Phi) is 4.83. The number of nitrogens with one attached hydrogen (secondary N) is 1. The zero-order chi connectivity index (χ0) is 15.4. The SMILES string of the molecule is CC(C)c1cccc(NC(=O)N2CCC(C(=O)O)CC2)c1. The Morgan fingerprint density at radius 1 is 1.29 bits per heavy atom. The van der Waals surface area contributed by atoms with Crippen molar-refractivity contribution in [2.45, 2.75) is 32.6 Å². The number of amides is 2. The molecule has 1 saturated heterocycles. The van der Waals surface area contributed by atoms with Gasteiger partial charge < -0.3 is 15.3 Å². The van der Waals surface area contributed by atoms with Crippen LogP contribution in [0.3, 0.4) is 0 Å². The predicted octanol–water partition coefficient (Wildman–Crippen LogP) is 3.14. The number of carbonyl (C=O) groups excluding carboxylic acids is 1. The van der Waals surface area contributed by atoms with Crippen LogP contribution in [-0.2, 0) is 4.79 Å². The fourth-order valence-corrected chi connectivity index (χ4v) is 2.51. The van der Waals surface area contributed by atoms with Gasteiger partial charge in [-0.1, -0.05) is 26.0 Å². The van der Waals surface area contributed by atoms with E-state index in [9.17, 15) is 9.59 Å². The molecule has 0 radical (unpaired) electrons. The average molecular weight is 290 g/mol. The number of hydrogen-bond acceptors (Lipinski definition) is 2. The lowest BCUT2D eigenvalue weighted by atomic mass is 9.97. The highest BCUT2D eigenvalue weighted by atomic mass is 16.4. The van der Waals surface area contributed by atoms with Crippen molar-refractivity contribution in [3.8, 4) is 0 Å². The lowest BCUT2D eigenvalue weighted by Gasteiger charge is -2.30. The minimum atomic E-state index is -0.764. The third kappa shape index (κ3) is 3.97. The smallest absolute Gasteiger partial charge is 0.321 e. The molecule has 2 rings (SSSR count). The van der Waals surface area contributed by atoms with E-state index in [1.807, 2.05) is 24.3 Å². The van der Waals surface area contributed by atoms with Gasteiger partial charge in [-0.3, -0.25) is 4.79 Å². The maximum atomic E-state index is 12.2. The van der Waals surface area contributed by atoms with Gasteiger partial charge in [-0.15, -0.1) is 0 Å². The summed E-state index contributed by atoms with van der Waals surface area (Å²) in [4.78, 5) is 24.8. The van der Waals surface area contributed by atoms with Crippen molar-refractivity contribution in [2.24, 2.45) is 5.92 Å². The second kappa shape index (κ2) is 6.61. The number of anilines is 1. The molecule has 1 aliphatic rings. The zero-order valence-electron chi connectivity index (χ0n) is 12.5. The number of nitrogens with zero attached hydrogens (tertiary/aromatic N) is 1. The van der Waals surface area contributed by atoms with Crippen molar-refractivity contribution in [3.63, 3.8) is 0 Å². The Morgan fingerprint density at radius 2 is 1.95 bits per heavy atom. The van der Waals surface area contributed by atoms with Crippen molar-refractivity contribution < 1.29 is 14.7 Å². The second-order valence-corrected chi connectivity index (χ2v) is 5.81. The van der Waals surface area contributed by atoms with Gasteiger partial charge in [0, 0.05) is 18.8 Å². The normalized spacial score (nSPS) is 16.0. The standard InChI is InChI=1S/C16H22N2O3/c1-11(2)13-4-3-5-14(10-13)17-16(21)18-8-6-12(7-9-18)15(19)20/h3-5,10-12H,6-9H2,1-2H3,(H,17,21)(H,19,20). The highest BCUT2D eigenvalue weighted by Crippen LogP contribution is 2.21. The van der Waals surface area contributed by atoms with Crippen molar-refractivity contribution in [1.29, 1.82) is 0 Å². The van der Waals surface area contributed by atoms with Gasteiger partial charge in [0.25, 0.3) is 0 Å². The Hall–Kier alpha value is -2.04. The molecule has 2 amide bonds. The Labute approximate surface area is 125 Å². The maximum absolute atomic E-state index is 12.2. The molecule has 0 unspecified atom stereocenters. The molecule has 1 heterocycles. The van der Waals surface area contributed by atoms with Crippen LogP contribution in [0.2, 0.25) is 0 Å². The highest BCUT2D eigenvalue weighted by Gasteiger charge is 2.26. The second-order valence-electron chi connectivity index (χ2n) is 5.81. The summed E-state index contributed by atoms with van der Waals surface area (Å²) in [5.41, 5.74) is 1.96. The van der Waals surface area contributed by atoms with Crippen molar-refractivity contribution >= 4 is 17.7 Å². The third-order valence-electron chi connectivity index (χ3n) is 3.94. The lowest BCUT2D eigenvalue weighted by molar-refractivity contribution is -0.143. The van der Waals surface area contributed by atoms with Crippen LogP contribution in [0, 0.1) is 5.92 Å². The monoisotopic (exact) mass is 290 g/mol. The van der Waals surface area contributed by atoms with Crippen molar-refractivity contribution in [1.82, 2.24) is 4.90 Å². The van der Waals surface area contributed by atoms with E-state index in [2.05, 4.69) is 19.2 Å². The molecule has 1 aliphatic heterocycles. The summed E-state index contributed by atoms with van der Waals surface area (Å²) in [6.07, 6.45) is 1.05. The van der Waals surface area contributed by atoms with Crippen LogP contribution in [0.1, 0.15) is 38.2 Å². The third-order valence-corrected chi connectivity index (χ3v) is 3.94. The molecule has 0 saturated carbocycles. The first-order valence-electron chi connectivity index (χ1n) is 7.36. The van der Waals surface area contributed by atoms with Gasteiger partial charge >= 0.3 is 12.0 Å². The van der Waals surface area contributed by atoms with E-state index in [0.717, 1.165) is 5.69 Å². The first kappa shape index (κ1) is 15.4. The Bertz CT molecular complexity index is 520. The predicted molar refractivity (Wildman–Crippen MR) is 81.5 cm³/mol. The highest BCUT2D eigenvalue weighted by molar-refractivity contribution is 5.89. The van der Waals surface area contributed by atoms with Gasteiger partial charge in [0.15, 0.2) is 0 Å². The molecule has 1 aromatic carbocycles. The number of hydrogen-bond donors (Lipinski definition) is 2. The first-order chi connectivity index (χ1) is 9.97. The summed E-state index contributed by atoms with van der Waals surface area (Å²) < 4.78 is 0. The summed E-state index contributed by atoms with van der Waals surface area (Å²) in [6, 6.07) is 7.67. The number of carboxylic acid groups (broad SMARTS) is 1. The van der Waals surface area contributed by atoms with E-state index < -0.39 is 5.97 Å². The van der Waals surface area contributed by atoms with Gasteiger partial charge in [0.1, 0.15) is 0 Å². The van der Waals surface area contributed by atoms with Crippen molar-refractivity contribution in [3.05, 3.63) is 29.8 Å². The van der Waals surface area contributed by atoms with Gasteiger partial charge in [-0.2, -0.15) is 0 Å². The molecule has 0 aromatic heterocycles. The van der Waals surface area contributed by atoms with Gasteiger partial charge in [0.05, 0.1) is 5.92 Å². The molecular formula is C16H22N2O3. The summed E-state index contributed by atoms with van der Waals surface area (Å²) in [5.74, 6) is -0.675. The summed E-state index contributed by atoms with van der Waals surface area (Å²) in [6.45, 7) is 5.20. The van der Waals surface area contributed by atoms with E-state index in [-0.39, 0.29) is 11.9 Å². The summed E-state index contributed by atoms with van der Waals surface area (Å²) in [5, 5.41) is 11.9. The van der Waals surface area contributed by atoms with Crippen LogP contribution >= 0.6 is 0 Å². The van der Waals surface area contributed by atoms with E-state index in [1.165, 1.54) is 5.56 Å². The maximum Gasteiger partial charge on any atom is 0.321 e. The molecule has 0 atom stereocenters. The molecule has 0 spiro atoms. The van der Waals surface area contributed by atoms with Crippen LogP contribution in [0.25, 0.3) is 0 Å². The number of carbonyl (C=O) groups is 2. The number of aliphatic carboxylic acids is 1. The minimum Gasteiger partial charge on any atom is -0.481 e. The quantitative estimate of drug-likeness (QED) is 0.898. The number of piperidine rings is 1. The zero-order valence-corrected chi connectivity index (χ0v) is 12.5. The molecule has 21 heavy (non-hydrogen) atoms. The fourth-order valence-electron chi connectivity index (χ4n) is 2.51. The summed E-state index contributed by atoms with van der Waals surface area (Å²) in [7, 11) is 0. The molecule has 2 N–H and O–H groups in total. The van der Waals surface area contributed by atoms with Crippen LogP contribution in [0.5, 0.6) is 0 Å². The molecule has 114 valence electrons. The topological polar surface area (TPSA) is 69.6 Å². The van der Waals surface area contributed by atoms with Crippen LogP contribution < -0.4 is 5.32 Å². The number of benzene rings is 1. The molecule has 5 nitrogen and oxygen atoms in total. The number of rotatable bonds is 3. The number of likely N-dealkylation sites (tertiary alicyclic amines) is 1. The molecule has 1 aromatic rings. The van der Waals surface area contributed by atoms with Crippen LogP contribution in [-0.4, -0.2) is 35.1 Å². The van der Waals surface area contributed by atoms with E-state index >= 15 is 0 Å². The number of urea groups is 1. The van der Waals surface area contributed by atoms with Gasteiger partial charge in [-0.05, 0) is 36.5 Å². The minimum absolute atomic E-state index is 0.153. The Morgan fingerprint density at radius 3 is 2.52 bits per heavy atom. The fraction of sp³-hybridized carbons (Fsp3) is 0.500. The molecule has 5 heteroatoms. The van der Waals surface area contributed by atoms with E-state index in [0.29, 0.717) is 31.8 Å². The average Bonchev–Trinajstić information content (AvgIpc) is 2.47. The van der Waals surface area contributed by atoms with Crippen LogP contribution in [0.15, 0.2) is 24.3 Å². The van der Waals surface area contributed by atoms with Gasteiger partial charge in [-0.25, -0.2) is 4.79 Å². The molecular weight excluding hydrogens is 268 g/mol. The van der Waals surface area contributed by atoms with E-state index in [4.69, 9.17) is 5.11 Å². The van der Waals surface area contributed by atoms with Crippen LogP contribution in [0.4, 0.5) is 10.5 Å². The van der Waals surface area contributed by atoms with E-state index in [1.54, 1.807) is 4.90 Å². The number of carboxylic acids is 1. The largest absolute Gasteiger partial charge is 0.481 e.